The third-order valence-electron chi connectivity index (χ3n) is 11.4. The first-order chi connectivity index (χ1) is 23.2. The van der Waals surface area contributed by atoms with Crippen molar-refractivity contribution in [1.29, 1.82) is 0 Å². The minimum Gasteiger partial charge on any atom is -0.493 e. The van der Waals surface area contributed by atoms with Gasteiger partial charge in [-0.25, -0.2) is 4.79 Å². The third-order valence-corrected chi connectivity index (χ3v) is 11.7. The highest BCUT2D eigenvalue weighted by molar-refractivity contribution is 6.30. The van der Waals surface area contributed by atoms with Gasteiger partial charge in [-0.1, -0.05) is 31.5 Å². The third kappa shape index (κ3) is 6.22. The number of carboxylic acid groups (broad SMARTS) is 1. The standard InChI is InChI=1S/C39H47ClN2O6/c1-24(21-46-33-10-15-41-32-9-4-6-25(2)36(32)33)16-27-17-26-18-34-35(48-30(22-45-3)23-47-34)20-31(26)38(27)11-13-39(14-12-38,37(43)44)42-29-8-5-7-28(40)19-29/h5,7-8,10,15,18-20,24-25,27,30,42H,4,6,9,11-14,16-17,21-23H2,1-3H3,(H,43,44)/t24-,25-,27+,30-,38?,39?/m1/s1. The number of ether oxygens (including phenoxy) is 4. The smallest absolute Gasteiger partial charge is 0.329 e. The van der Waals surface area contributed by atoms with E-state index in [-0.39, 0.29) is 11.5 Å². The van der Waals surface area contributed by atoms with Crippen molar-refractivity contribution in [2.75, 3.05) is 32.2 Å². The fraction of sp³-hybridized carbons (Fsp3) is 0.538. The number of methoxy groups -OCH3 is 1. The maximum Gasteiger partial charge on any atom is 0.329 e. The van der Waals surface area contributed by atoms with Crippen LogP contribution in [0.25, 0.3) is 0 Å². The van der Waals surface area contributed by atoms with Crippen LogP contribution in [0.15, 0.2) is 48.7 Å². The lowest BCUT2D eigenvalue weighted by Gasteiger charge is -2.47. The van der Waals surface area contributed by atoms with E-state index in [1.165, 1.54) is 35.2 Å². The summed E-state index contributed by atoms with van der Waals surface area (Å²) in [7, 11) is 1.67. The molecule has 48 heavy (non-hydrogen) atoms. The molecule has 0 bridgehead atoms. The molecule has 8 nitrogen and oxygen atoms in total. The zero-order chi connectivity index (χ0) is 33.5. The molecular formula is C39H47ClN2O6. The van der Waals surface area contributed by atoms with E-state index in [0.717, 1.165) is 55.0 Å². The first-order valence-electron chi connectivity index (χ1n) is 17.5. The molecule has 4 atom stereocenters. The van der Waals surface area contributed by atoms with E-state index in [0.29, 0.717) is 55.4 Å². The lowest BCUT2D eigenvalue weighted by atomic mass is 9.59. The molecule has 0 amide bonds. The van der Waals surface area contributed by atoms with Crippen LogP contribution in [0.4, 0.5) is 5.69 Å². The number of hydrogen-bond acceptors (Lipinski definition) is 7. The molecule has 0 unspecified atom stereocenters. The number of nitrogens with zero attached hydrogens (tertiary/aromatic N) is 1. The van der Waals surface area contributed by atoms with Gasteiger partial charge in [0.15, 0.2) is 17.6 Å². The Labute approximate surface area is 288 Å². The van der Waals surface area contributed by atoms with E-state index in [2.05, 4.69) is 36.3 Å². The molecule has 2 N–H and O–H groups in total. The number of aryl methyl sites for hydroxylation is 1. The van der Waals surface area contributed by atoms with Gasteiger partial charge in [0.05, 0.1) is 13.2 Å². The van der Waals surface area contributed by atoms with Gasteiger partial charge in [-0.2, -0.15) is 0 Å². The lowest BCUT2D eigenvalue weighted by molar-refractivity contribution is -0.144. The molecule has 1 fully saturated rings. The normalized spacial score (nSPS) is 28.0. The topological polar surface area (TPSA) is 99.1 Å². The van der Waals surface area contributed by atoms with Crippen LogP contribution in [0.3, 0.4) is 0 Å². The molecule has 9 heteroatoms. The van der Waals surface area contributed by atoms with Gasteiger partial charge in [0.2, 0.25) is 0 Å². The molecule has 0 radical (unpaired) electrons. The first-order valence-corrected chi connectivity index (χ1v) is 17.9. The fourth-order valence-corrected chi connectivity index (χ4v) is 9.17. The summed E-state index contributed by atoms with van der Waals surface area (Å²) in [6, 6.07) is 13.7. The van der Waals surface area contributed by atoms with Crippen molar-refractivity contribution in [3.05, 3.63) is 76.1 Å². The second kappa shape index (κ2) is 13.4. The van der Waals surface area contributed by atoms with Gasteiger partial charge < -0.3 is 29.4 Å². The summed E-state index contributed by atoms with van der Waals surface area (Å²) in [6.07, 6.45) is 9.45. The second-order valence-electron chi connectivity index (χ2n) is 14.7. The van der Waals surface area contributed by atoms with Crippen molar-refractivity contribution in [1.82, 2.24) is 4.98 Å². The largest absolute Gasteiger partial charge is 0.493 e. The van der Waals surface area contributed by atoms with E-state index in [1.807, 2.05) is 24.4 Å². The minimum atomic E-state index is -1.08. The maximum atomic E-state index is 12.9. The Morgan fingerprint density at radius 1 is 1.17 bits per heavy atom. The molecule has 7 rings (SSSR count). The molecule has 256 valence electrons. The molecule has 2 aromatic carbocycles. The SMILES string of the molecule is COC[C@@H]1COc2cc3c(cc2O1)C1(CCC(Nc2cccc(Cl)c2)(C(=O)O)CC1)[C@@H](C[C@@H](C)COc1ccnc2c1[C@H](C)CCC2)C3. The van der Waals surface area contributed by atoms with E-state index in [9.17, 15) is 9.90 Å². The predicted molar refractivity (Wildman–Crippen MR) is 186 cm³/mol. The monoisotopic (exact) mass is 674 g/mol. The number of hydrogen-bond donors (Lipinski definition) is 2. The maximum absolute atomic E-state index is 12.9. The highest BCUT2D eigenvalue weighted by Gasteiger charge is 2.54. The zero-order valence-corrected chi connectivity index (χ0v) is 29.0. The van der Waals surface area contributed by atoms with Gasteiger partial charge in [-0.05, 0) is 128 Å². The van der Waals surface area contributed by atoms with Gasteiger partial charge in [0.25, 0.3) is 0 Å². The van der Waals surface area contributed by atoms with Crippen LogP contribution in [-0.2, 0) is 27.8 Å². The van der Waals surface area contributed by atoms with Crippen LogP contribution in [0, 0.1) is 11.8 Å². The Bertz CT molecular complexity index is 1650. The van der Waals surface area contributed by atoms with Crippen LogP contribution in [-0.4, -0.2) is 54.6 Å². The number of pyridine rings is 1. The summed E-state index contributed by atoms with van der Waals surface area (Å²) in [5.41, 5.74) is 4.49. The van der Waals surface area contributed by atoms with E-state index < -0.39 is 11.5 Å². The Morgan fingerprint density at radius 2 is 2.00 bits per heavy atom. The van der Waals surface area contributed by atoms with Gasteiger partial charge in [-0.3, -0.25) is 4.98 Å². The van der Waals surface area contributed by atoms with Crippen molar-refractivity contribution in [2.45, 2.75) is 94.6 Å². The lowest BCUT2D eigenvalue weighted by Crippen LogP contribution is -2.53. The summed E-state index contributed by atoms with van der Waals surface area (Å²) >= 11 is 6.27. The van der Waals surface area contributed by atoms with Crippen LogP contribution in [0.2, 0.25) is 5.02 Å². The molecule has 4 aliphatic rings. The number of carbonyl (C=O) groups is 1. The number of aromatic nitrogens is 1. The van der Waals surface area contributed by atoms with Crippen LogP contribution >= 0.6 is 11.6 Å². The van der Waals surface area contributed by atoms with E-state index in [4.69, 9.17) is 30.5 Å². The Hall–Kier alpha value is -3.49. The summed E-state index contributed by atoms with van der Waals surface area (Å²) in [4.78, 5) is 17.6. The van der Waals surface area contributed by atoms with Crippen LogP contribution in [0.5, 0.6) is 17.2 Å². The summed E-state index contributed by atoms with van der Waals surface area (Å²) in [6.45, 7) is 6.10. The molecule has 3 aliphatic carbocycles. The van der Waals surface area contributed by atoms with Crippen molar-refractivity contribution < 1.29 is 28.8 Å². The number of fused-ring (bicyclic) bond motifs is 4. The zero-order valence-electron chi connectivity index (χ0n) is 28.2. The van der Waals surface area contributed by atoms with Crippen molar-refractivity contribution in [3.8, 4) is 17.2 Å². The number of nitrogens with one attached hydrogen (secondary N) is 1. The number of rotatable bonds is 10. The summed E-state index contributed by atoms with van der Waals surface area (Å²) < 4.78 is 24.5. The fourth-order valence-electron chi connectivity index (χ4n) is 8.98. The van der Waals surface area contributed by atoms with Crippen LogP contribution < -0.4 is 19.5 Å². The number of benzene rings is 2. The van der Waals surface area contributed by atoms with Crippen molar-refractivity contribution in [3.63, 3.8) is 0 Å². The number of aliphatic carboxylic acids is 1. The molecule has 0 saturated heterocycles. The molecule has 2 heterocycles. The molecule has 1 saturated carbocycles. The highest BCUT2D eigenvalue weighted by Crippen LogP contribution is 2.58. The number of carboxylic acids is 1. The average Bonchev–Trinajstić information content (AvgIpc) is 3.34. The first kappa shape index (κ1) is 33.0. The predicted octanol–water partition coefficient (Wildman–Crippen LogP) is 7.99. The second-order valence-corrected chi connectivity index (χ2v) is 15.1. The highest BCUT2D eigenvalue weighted by atomic mass is 35.5. The summed E-state index contributed by atoms with van der Waals surface area (Å²) in [5, 5.41) is 14.6. The van der Waals surface area contributed by atoms with Crippen LogP contribution in [0.1, 0.15) is 87.1 Å². The quantitative estimate of drug-likeness (QED) is 0.223. The van der Waals surface area contributed by atoms with E-state index in [1.54, 1.807) is 19.2 Å². The molecule has 1 aliphatic heterocycles. The van der Waals surface area contributed by atoms with Gasteiger partial charge in [0.1, 0.15) is 17.9 Å². The average molecular weight is 675 g/mol. The molecular weight excluding hydrogens is 628 g/mol. The molecule has 1 spiro atoms. The molecule has 1 aromatic heterocycles. The number of halogens is 1. The van der Waals surface area contributed by atoms with Crippen molar-refractivity contribution >= 4 is 23.3 Å². The Balaban J connectivity index is 1.15. The summed E-state index contributed by atoms with van der Waals surface area (Å²) in [5.74, 6) is 2.77. The number of anilines is 1. The van der Waals surface area contributed by atoms with Gasteiger partial charge in [0, 0.05) is 35.3 Å². The molecule has 3 aromatic rings. The van der Waals surface area contributed by atoms with Gasteiger partial charge in [-0.15, -0.1) is 0 Å². The Morgan fingerprint density at radius 3 is 2.77 bits per heavy atom. The minimum absolute atomic E-state index is 0.166. The van der Waals surface area contributed by atoms with Crippen molar-refractivity contribution in [2.24, 2.45) is 11.8 Å². The Kier molecular flexibility index (Phi) is 9.24. The van der Waals surface area contributed by atoms with E-state index >= 15 is 0 Å². The van der Waals surface area contributed by atoms with Gasteiger partial charge >= 0.3 is 5.97 Å².